The van der Waals surface area contributed by atoms with Crippen LogP contribution in [0.2, 0.25) is 0 Å². The summed E-state index contributed by atoms with van der Waals surface area (Å²) in [5.74, 6) is 0.0781. The van der Waals surface area contributed by atoms with Gasteiger partial charge in [0.15, 0.2) is 5.78 Å². The average molecular weight is 142 g/mol. The lowest BCUT2D eigenvalue weighted by Crippen LogP contribution is -2.17. The second-order valence-electron chi connectivity index (χ2n) is 3.15. The summed E-state index contributed by atoms with van der Waals surface area (Å²) in [4.78, 5) is 11.1. The molecule has 0 fully saturated rings. The molecule has 0 amide bonds. The van der Waals surface area contributed by atoms with Crippen LogP contribution >= 0.6 is 0 Å². The quantitative estimate of drug-likeness (QED) is 0.434. The predicted molar refractivity (Wildman–Crippen MR) is 40.6 cm³/mol. The first-order valence-electron chi connectivity index (χ1n) is 3.22. The topological polar surface area (TPSA) is 26.3 Å². The first-order valence-corrected chi connectivity index (χ1v) is 3.22. The van der Waals surface area contributed by atoms with Crippen LogP contribution < -0.4 is 0 Å². The maximum atomic E-state index is 11.1. The van der Waals surface area contributed by atoms with Crippen molar-refractivity contribution in [1.82, 2.24) is 0 Å². The molecule has 58 valence electrons. The summed E-state index contributed by atoms with van der Waals surface area (Å²) in [6.07, 6.45) is 2.84. The molecule has 10 heavy (non-hydrogen) atoms. The number of ether oxygens (including phenoxy) is 1. The predicted octanol–water partition coefficient (Wildman–Crippen LogP) is 1.76. The van der Waals surface area contributed by atoms with Crippen molar-refractivity contribution in [2.24, 2.45) is 5.41 Å². The molecule has 0 bridgehead atoms. The lowest BCUT2D eigenvalue weighted by molar-refractivity contribution is -0.121. The normalized spacial score (nSPS) is 12.0. The number of allylic oxidation sites excluding steroid dienone is 1. The van der Waals surface area contributed by atoms with Gasteiger partial charge < -0.3 is 4.74 Å². The fraction of sp³-hybridized carbons (Fsp3) is 0.625. The summed E-state index contributed by atoms with van der Waals surface area (Å²) in [5.41, 5.74) is -0.297. The van der Waals surface area contributed by atoms with Crippen molar-refractivity contribution in [1.29, 1.82) is 0 Å². The van der Waals surface area contributed by atoms with Gasteiger partial charge in [-0.25, -0.2) is 0 Å². The van der Waals surface area contributed by atoms with Gasteiger partial charge in [-0.15, -0.1) is 0 Å². The van der Waals surface area contributed by atoms with Crippen molar-refractivity contribution in [3.63, 3.8) is 0 Å². The van der Waals surface area contributed by atoms with Gasteiger partial charge in [0, 0.05) is 11.5 Å². The second kappa shape index (κ2) is 3.40. The van der Waals surface area contributed by atoms with E-state index in [0.29, 0.717) is 0 Å². The van der Waals surface area contributed by atoms with Crippen LogP contribution in [0.4, 0.5) is 0 Å². The Morgan fingerprint density at radius 1 is 1.40 bits per heavy atom. The second-order valence-corrected chi connectivity index (χ2v) is 3.15. The number of methoxy groups -OCH3 is 1. The Labute approximate surface area is 61.9 Å². The highest BCUT2D eigenvalue weighted by atomic mass is 16.5. The molecule has 0 N–H and O–H groups in total. The minimum atomic E-state index is -0.297. The van der Waals surface area contributed by atoms with Crippen LogP contribution in [0.25, 0.3) is 0 Å². The van der Waals surface area contributed by atoms with E-state index in [1.807, 2.05) is 20.8 Å². The zero-order valence-electron chi connectivity index (χ0n) is 6.97. The van der Waals surface area contributed by atoms with Gasteiger partial charge >= 0.3 is 0 Å². The van der Waals surface area contributed by atoms with E-state index in [1.165, 1.54) is 19.4 Å². The van der Waals surface area contributed by atoms with Gasteiger partial charge in [0.25, 0.3) is 0 Å². The van der Waals surface area contributed by atoms with Gasteiger partial charge in [0.1, 0.15) is 0 Å². The minimum Gasteiger partial charge on any atom is -0.504 e. The highest BCUT2D eigenvalue weighted by Crippen LogP contribution is 2.14. The Kier molecular flexibility index (Phi) is 3.13. The maximum absolute atomic E-state index is 11.1. The van der Waals surface area contributed by atoms with E-state index in [0.717, 1.165) is 0 Å². The molecular weight excluding hydrogens is 128 g/mol. The molecule has 0 aromatic rings. The van der Waals surface area contributed by atoms with Crippen LogP contribution in [-0.4, -0.2) is 12.9 Å². The van der Waals surface area contributed by atoms with E-state index >= 15 is 0 Å². The molecule has 0 atom stereocenters. The Morgan fingerprint density at radius 2 is 1.90 bits per heavy atom. The highest BCUT2D eigenvalue weighted by molar-refractivity contribution is 5.93. The Balaban J connectivity index is 3.98. The average Bonchev–Trinajstić information content (AvgIpc) is 1.80. The molecule has 0 heterocycles. The molecule has 2 nitrogen and oxygen atoms in total. The third-order valence-electron chi connectivity index (χ3n) is 1.09. The molecule has 2 heteroatoms. The molecule has 0 saturated heterocycles. The molecule has 0 aliphatic rings. The van der Waals surface area contributed by atoms with E-state index in [1.54, 1.807) is 0 Å². The van der Waals surface area contributed by atoms with Gasteiger partial charge in [-0.3, -0.25) is 4.79 Å². The summed E-state index contributed by atoms with van der Waals surface area (Å²) in [7, 11) is 1.52. The Morgan fingerprint density at radius 3 is 2.20 bits per heavy atom. The van der Waals surface area contributed by atoms with Gasteiger partial charge in [-0.2, -0.15) is 0 Å². The van der Waals surface area contributed by atoms with Crippen LogP contribution in [0.3, 0.4) is 0 Å². The van der Waals surface area contributed by atoms with Gasteiger partial charge in [0.2, 0.25) is 0 Å². The zero-order valence-corrected chi connectivity index (χ0v) is 6.97. The monoisotopic (exact) mass is 142 g/mol. The standard InChI is InChI=1S/C8H14O2/c1-8(2,3)7(9)5-6-10-4/h5-6H,1-4H3/b6-5+. The number of ketones is 1. The van der Waals surface area contributed by atoms with Crippen LogP contribution in [-0.2, 0) is 9.53 Å². The van der Waals surface area contributed by atoms with E-state index < -0.39 is 0 Å². The van der Waals surface area contributed by atoms with Crippen LogP contribution in [0.15, 0.2) is 12.3 Å². The number of carbonyl (C=O) groups excluding carboxylic acids is 1. The summed E-state index contributed by atoms with van der Waals surface area (Å²) < 4.78 is 4.61. The smallest absolute Gasteiger partial charge is 0.164 e. The number of carbonyl (C=O) groups is 1. The van der Waals surface area contributed by atoms with Crippen LogP contribution in [0.1, 0.15) is 20.8 Å². The zero-order chi connectivity index (χ0) is 8.20. The summed E-state index contributed by atoms with van der Waals surface area (Å²) >= 11 is 0. The first kappa shape index (κ1) is 9.21. The summed E-state index contributed by atoms with van der Waals surface area (Å²) in [6.45, 7) is 5.61. The van der Waals surface area contributed by atoms with E-state index in [-0.39, 0.29) is 11.2 Å². The van der Waals surface area contributed by atoms with Crippen molar-refractivity contribution < 1.29 is 9.53 Å². The van der Waals surface area contributed by atoms with Gasteiger partial charge in [-0.1, -0.05) is 20.8 Å². The molecule has 0 unspecified atom stereocenters. The van der Waals surface area contributed by atoms with Gasteiger partial charge in [0.05, 0.1) is 13.4 Å². The molecule has 0 aliphatic carbocycles. The lowest BCUT2D eigenvalue weighted by atomic mass is 9.91. The molecule has 0 aromatic carbocycles. The van der Waals surface area contributed by atoms with Crippen molar-refractivity contribution in [2.45, 2.75) is 20.8 Å². The molecule has 0 saturated carbocycles. The summed E-state index contributed by atoms with van der Waals surface area (Å²) in [6, 6.07) is 0. The third kappa shape index (κ3) is 3.28. The third-order valence-corrected chi connectivity index (χ3v) is 1.09. The Hall–Kier alpha value is -0.790. The number of rotatable bonds is 2. The van der Waals surface area contributed by atoms with Crippen LogP contribution in [0, 0.1) is 5.41 Å². The lowest BCUT2D eigenvalue weighted by Gasteiger charge is -2.12. The molecule has 0 aromatic heterocycles. The molecule has 0 spiro atoms. The SMILES string of the molecule is CO/C=C/C(=O)C(C)(C)C. The minimum absolute atomic E-state index is 0.0781. The largest absolute Gasteiger partial charge is 0.504 e. The summed E-state index contributed by atoms with van der Waals surface area (Å²) in [5, 5.41) is 0. The number of hydrogen-bond acceptors (Lipinski definition) is 2. The number of hydrogen-bond donors (Lipinski definition) is 0. The Bertz CT molecular complexity index is 140. The van der Waals surface area contributed by atoms with E-state index in [9.17, 15) is 4.79 Å². The van der Waals surface area contributed by atoms with Crippen LogP contribution in [0.5, 0.6) is 0 Å². The fourth-order valence-electron chi connectivity index (χ4n) is 0.380. The highest BCUT2D eigenvalue weighted by Gasteiger charge is 2.17. The molecular formula is C8H14O2. The van der Waals surface area contributed by atoms with E-state index in [4.69, 9.17) is 0 Å². The molecule has 0 rings (SSSR count). The van der Waals surface area contributed by atoms with Crippen molar-refractivity contribution in [2.75, 3.05) is 7.11 Å². The van der Waals surface area contributed by atoms with Crippen molar-refractivity contribution in [3.05, 3.63) is 12.3 Å². The fourth-order valence-corrected chi connectivity index (χ4v) is 0.380. The van der Waals surface area contributed by atoms with Crippen molar-refractivity contribution >= 4 is 5.78 Å². The van der Waals surface area contributed by atoms with Gasteiger partial charge in [-0.05, 0) is 0 Å². The van der Waals surface area contributed by atoms with Crippen molar-refractivity contribution in [3.8, 4) is 0 Å². The first-order chi connectivity index (χ1) is 4.48. The van der Waals surface area contributed by atoms with E-state index in [2.05, 4.69) is 4.74 Å². The molecule has 0 radical (unpaired) electrons. The maximum Gasteiger partial charge on any atom is 0.164 e. The molecule has 0 aliphatic heterocycles.